The molecule has 1 aromatic heterocycles. The van der Waals surface area contributed by atoms with E-state index in [1.165, 1.54) is 5.56 Å². The third-order valence-corrected chi connectivity index (χ3v) is 3.58. The molecule has 1 aromatic carbocycles. The summed E-state index contributed by atoms with van der Waals surface area (Å²) in [6, 6.07) is 12.5. The van der Waals surface area contributed by atoms with Gasteiger partial charge in [-0.15, -0.1) is 0 Å². The standard InChI is InChI=1S/C15H17N3/c1-10-11(2)18(15(17)14(10)9-16)12(3)13-7-5-4-6-8-13/h4-8,12H,17H2,1-3H3/t12-/m0/s1. The molecule has 2 aromatic rings. The van der Waals surface area contributed by atoms with Gasteiger partial charge in [-0.3, -0.25) is 0 Å². The smallest absolute Gasteiger partial charge is 0.122 e. The van der Waals surface area contributed by atoms with Crippen LogP contribution in [0.4, 0.5) is 5.82 Å². The molecule has 0 aliphatic carbocycles. The van der Waals surface area contributed by atoms with Crippen molar-refractivity contribution < 1.29 is 0 Å². The zero-order chi connectivity index (χ0) is 13.3. The summed E-state index contributed by atoms with van der Waals surface area (Å²) < 4.78 is 2.03. The highest BCUT2D eigenvalue weighted by Gasteiger charge is 2.19. The number of nitriles is 1. The summed E-state index contributed by atoms with van der Waals surface area (Å²) in [5.74, 6) is 0.559. The van der Waals surface area contributed by atoms with Gasteiger partial charge < -0.3 is 10.3 Å². The summed E-state index contributed by atoms with van der Waals surface area (Å²) in [5.41, 5.74) is 9.90. The molecule has 18 heavy (non-hydrogen) atoms. The highest BCUT2D eigenvalue weighted by molar-refractivity contribution is 5.58. The lowest BCUT2D eigenvalue weighted by Gasteiger charge is -2.18. The lowest BCUT2D eigenvalue weighted by Crippen LogP contribution is -2.11. The van der Waals surface area contributed by atoms with Crippen LogP contribution in [0.1, 0.15) is 35.3 Å². The van der Waals surface area contributed by atoms with E-state index >= 15 is 0 Å². The minimum Gasteiger partial charge on any atom is -0.384 e. The first kappa shape index (κ1) is 12.3. The number of benzene rings is 1. The first-order valence-electron chi connectivity index (χ1n) is 5.99. The molecule has 0 fully saturated rings. The average Bonchev–Trinajstić information content (AvgIpc) is 2.60. The summed E-state index contributed by atoms with van der Waals surface area (Å²) in [4.78, 5) is 0. The van der Waals surface area contributed by atoms with Crippen LogP contribution in [0.2, 0.25) is 0 Å². The van der Waals surface area contributed by atoms with E-state index in [1.54, 1.807) is 0 Å². The first-order valence-corrected chi connectivity index (χ1v) is 5.99. The Labute approximate surface area is 107 Å². The molecule has 0 unspecified atom stereocenters. The minimum atomic E-state index is 0.131. The second-order valence-corrected chi connectivity index (χ2v) is 4.54. The van der Waals surface area contributed by atoms with Crippen molar-refractivity contribution >= 4 is 5.82 Å². The van der Waals surface area contributed by atoms with Gasteiger partial charge in [0.1, 0.15) is 11.9 Å². The van der Waals surface area contributed by atoms with Gasteiger partial charge in [-0.2, -0.15) is 5.26 Å². The fraction of sp³-hybridized carbons (Fsp3) is 0.267. The van der Waals surface area contributed by atoms with Crippen molar-refractivity contribution in [3.05, 3.63) is 52.7 Å². The molecule has 0 amide bonds. The molecule has 0 aliphatic rings. The van der Waals surface area contributed by atoms with Crippen molar-refractivity contribution in [2.75, 3.05) is 5.73 Å². The topological polar surface area (TPSA) is 54.7 Å². The third kappa shape index (κ3) is 1.76. The Morgan fingerprint density at radius 1 is 1.22 bits per heavy atom. The number of anilines is 1. The second-order valence-electron chi connectivity index (χ2n) is 4.54. The van der Waals surface area contributed by atoms with E-state index in [-0.39, 0.29) is 6.04 Å². The molecule has 3 heteroatoms. The minimum absolute atomic E-state index is 0.131. The predicted octanol–water partition coefficient (Wildman–Crippen LogP) is 3.17. The number of rotatable bonds is 2. The summed E-state index contributed by atoms with van der Waals surface area (Å²) in [6.07, 6.45) is 0. The molecule has 2 rings (SSSR count). The predicted molar refractivity (Wildman–Crippen MR) is 73.3 cm³/mol. The van der Waals surface area contributed by atoms with E-state index in [9.17, 15) is 0 Å². The van der Waals surface area contributed by atoms with Crippen molar-refractivity contribution in [1.82, 2.24) is 4.57 Å². The molecule has 0 saturated carbocycles. The Balaban J connectivity index is 2.57. The Kier molecular flexibility index (Phi) is 3.12. The van der Waals surface area contributed by atoms with E-state index < -0.39 is 0 Å². The Morgan fingerprint density at radius 3 is 2.33 bits per heavy atom. The second kappa shape index (κ2) is 4.58. The molecule has 92 valence electrons. The quantitative estimate of drug-likeness (QED) is 0.875. The SMILES string of the molecule is Cc1c(C#N)c(N)n([C@@H](C)c2ccccc2)c1C. The average molecular weight is 239 g/mol. The maximum absolute atomic E-state index is 9.15. The number of nitrogens with zero attached hydrogens (tertiary/aromatic N) is 2. The van der Waals surface area contributed by atoms with Crippen LogP contribution in [0, 0.1) is 25.2 Å². The van der Waals surface area contributed by atoms with Crippen LogP contribution in [-0.2, 0) is 0 Å². The number of hydrogen-bond acceptors (Lipinski definition) is 2. The zero-order valence-corrected chi connectivity index (χ0v) is 10.9. The van der Waals surface area contributed by atoms with Gasteiger partial charge in [0.2, 0.25) is 0 Å². The van der Waals surface area contributed by atoms with Gasteiger partial charge in [-0.25, -0.2) is 0 Å². The normalized spacial score (nSPS) is 12.1. The lowest BCUT2D eigenvalue weighted by atomic mass is 10.1. The van der Waals surface area contributed by atoms with Crippen molar-refractivity contribution in [1.29, 1.82) is 5.26 Å². The van der Waals surface area contributed by atoms with Gasteiger partial charge in [0.05, 0.1) is 11.6 Å². The third-order valence-electron chi connectivity index (χ3n) is 3.58. The van der Waals surface area contributed by atoms with E-state index in [1.807, 2.05) is 36.6 Å². The molecule has 0 radical (unpaired) electrons. The molecule has 0 saturated heterocycles. The molecular formula is C15H17N3. The Morgan fingerprint density at radius 2 is 1.83 bits per heavy atom. The van der Waals surface area contributed by atoms with Gasteiger partial charge in [0.15, 0.2) is 0 Å². The number of aromatic nitrogens is 1. The van der Waals surface area contributed by atoms with Crippen molar-refractivity contribution in [2.24, 2.45) is 0 Å². The van der Waals surface area contributed by atoms with Crippen LogP contribution < -0.4 is 5.73 Å². The molecule has 0 spiro atoms. The van der Waals surface area contributed by atoms with Gasteiger partial charge in [-0.05, 0) is 31.9 Å². The molecule has 3 nitrogen and oxygen atoms in total. The summed E-state index contributed by atoms with van der Waals surface area (Å²) in [6.45, 7) is 6.05. The van der Waals surface area contributed by atoms with E-state index in [0.29, 0.717) is 11.4 Å². The van der Waals surface area contributed by atoms with E-state index in [4.69, 9.17) is 11.0 Å². The molecule has 1 heterocycles. The summed E-state index contributed by atoms with van der Waals surface area (Å²) in [5, 5.41) is 9.15. The van der Waals surface area contributed by atoms with Gasteiger partial charge >= 0.3 is 0 Å². The van der Waals surface area contributed by atoms with Crippen molar-refractivity contribution in [3.63, 3.8) is 0 Å². The van der Waals surface area contributed by atoms with Crippen LogP contribution in [0.25, 0.3) is 0 Å². The van der Waals surface area contributed by atoms with Gasteiger partial charge in [-0.1, -0.05) is 30.3 Å². The fourth-order valence-corrected chi connectivity index (χ4v) is 2.38. The molecule has 1 atom stereocenters. The highest BCUT2D eigenvalue weighted by Crippen LogP contribution is 2.30. The number of hydrogen-bond donors (Lipinski definition) is 1. The first-order chi connectivity index (χ1) is 8.57. The highest BCUT2D eigenvalue weighted by atomic mass is 15.1. The van der Waals surface area contributed by atoms with Gasteiger partial charge in [0.25, 0.3) is 0 Å². The van der Waals surface area contributed by atoms with Crippen LogP contribution in [0.15, 0.2) is 30.3 Å². The lowest BCUT2D eigenvalue weighted by molar-refractivity contribution is 0.633. The summed E-state index contributed by atoms with van der Waals surface area (Å²) >= 11 is 0. The van der Waals surface area contributed by atoms with E-state index in [2.05, 4.69) is 25.1 Å². The van der Waals surface area contributed by atoms with Gasteiger partial charge in [0, 0.05) is 5.69 Å². The number of nitrogens with two attached hydrogens (primary N) is 1. The molecule has 2 N–H and O–H groups in total. The molecular weight excluding hydrogens is 222 g/mol. The largest absolute Gasteiger partial charge is 0.384 e. The molecule has 0 bridgehead atoms. The number of nitrogen functional groups attached to an aromatic ring is 1. The maximum Gasteiger partial charge on any atom is 0.122 e. The van der Waals surface area contributed by atoms with Crippen LogP contribution in [0.5, 0.6) is 0 Å². The van der Waals surface area contributed by atoms with Crippen LogP contribution >= 0.6 is 0 Å². The Bertz CT molecular complexity index is 603. The maximum atomic E-state index is 9.15. The monoisotopic (exact) mass is 239 g/mol. The fourth-order valence-electron chi connectivity index (χ4n) is 2.38. The molecule has 0 aliphatic heterocycles. The summed E-state index contributed by atoms with van der Waals surface area (Å²) in [7, 11) is 0. The van der Waals surface area contributed by atoms with Crippen molar-refractivity contribution in [3.8, 4) is 6.07 Å². The van der Waals surface area contributed by atoms with Crippen LogP contribution in [-0.4, -0.2) is 4.57 Å². The van der Waals surface area contributed by atoms with Crippen LogP contribution in [0.3, 0.4) is 0 Å². The Hall–Kier alpha value is -2.21. The zero-order valence-electron chi connectivity index (χ0n) is 10.9. The van der Waals surface area contributed by atoms with E-state index in [0.717, 1.165) is 11.3 Å². The van der Waals surface area contributed by atoms with Crippen molar-refractivity contribution in [2.45, 2.75) is 26.8 Å².